The first-order valence-corrected chi connectivity index (χ1v) is 11.1. The van der Waals surface area contributed by atoms with E-state index in [0.29, 0.717) is 25.3 Å². The van der Waals surface area contributed by atoms with Crippen LogP contribution in [0.25, 0.3) is 0 Å². The Morgan fingerprint density at radius 3 is 2.18 bits per heavy atom. The fourth-order valence-corrected chi connectivity index (χ4v) is 4.56. The average molecular weight is 411 g/mol. The van der Waals surface area contributed by atoms with E-state index in [0.717, 1.165) is 12.8 Å². The maximum atomic E-state index is 12.5. The second kappa shape index (κ2) is 9.99. The lowest BCUT2D eigenvalue weighted by Crippen LogP contribution is -2.42. The first-order valence-electron chi connectivity index (χ1n) is 9.64. The minimum atomic E-state index is -3.46. The Balaban J connectivity index is 1.92. The third-order valence-corrected chi connectivity index (χ3v) is 6.39. The fraction of sp³-hybridized carbons (Fsp3) is 0.579. The van der Waals surface area contributed by atoms with E-state index >= 15 is 0 Å². The lowest BCUT2D eigenvalue weighted by Gasteiger charge is -2.20. The Hall–Kier alpha value is -1.97. The minimum Gasteiger partial charge on any atom is -0.353 e. The molecule has 1 aromatic carbocycles. The Labute approximate surface area is 167 Å². The number of hydrogen-bond acceptors (Lipinski definition) is 5. The van der Waals surface area contributed by atoms with Gasteiger partial charge in [-0.1, -0.05) is 6.92 Å². The van der Waals surface area contributed by atoms with Crippen molar-refractivity contribution in [3.05, 3.63) is 24.3 Å². The van der Waals surface area contributed by atoms with Gasteiger partial charge in [0.15, 0.2) is 0 Å². The van der Waals surface area contributed by atoms with Crippen LogP contribution in [0.3, 0.4) is 0 Å². The maximum absolute atomic E-state index is 12.5. The largest absolute Gasteiger partial charge is 0.353 e. The molecule has 1 aliphatic heterocycles. The van der Waals surface area contributed by atoms with Gasteiger partial charge in [-0.3, -0.25) is 14.5 Å². The van der Waals surface area contributed by atoms with Crippen molar-refractivity contribution >= 4 is 27.5 Å². The molecule has 1 aliphatic rings. The highest BCUT2D eigenvalue weighted by Gasteiger charge is 2.27. The summed E-state index contributed by atoms with van der Waals surface area (Å²) in [5.74, 6) is -0.379. The van der Waals surface area contributed by atoms with Gasteiger partial charge in [0.25, 0.3) is 0 Å². The first-order chi connectivity index (χ1) is 13.2. The number of benzene rings is 1. The molecule has 156 valence electrons. The summed E-state index contributed by atoms with van der Waals surface area (Å²) in [6.45, 7) is 7.55. The standard InChI is InChI=1S/C19H30N4O4S/c1-4-22(13-18(24)20-15(2)3)14-19(25)21-16-7-9-17(10-8-16)28(26,27)23-11-5-6-12-23/h7-10,15H,4-6,11-14H2,1-3H3,(H,20,24)(H,21,25). The van der Waals surface area contributed by atoms with E-state index in [9.17, 15) is 18.0 Å². The third kappa shape index (κ3) is 6.29. The molecule has 0 bridgehead atoms. The van der Waals surface area contributed by atoms with Crippen molar-refractivity contribution in [3.63, 3.8) is 0 Å². The van der Waals surface area contributed by atoms with E-state index < -0.39 is 10.0 Å². The van der Waals surface area contributed by atoms with Crippen LogP contribution in [0.4, 0.5) is 5.69 Å². The number of hydrogen-bond donors (Lipinski definition) is 2. The molecular formula is C19H30N4O4S. The highest BCUT2D eigenvalue weighted by molar-refractivity contribution is 7.89. The molecule has 1 heterocycles. The van der Waals surface area contributed by atoms with E-state index in [1.54, 1.807) is 17.0 Å². The SMILES string of the molecule is CCN(CC(=O)Nc1ccc(S(=O)(=O)N2CCCC2)cc1)CC(=O)NC(C)C. The fourth-order valence-electron chi connectivity index (χ4n) is 3.04. The number of nitrogens with zero attached hydrogens (tertiary/aromatic N) is 2. The zero-order valence-corrected chi connectivity index (χ0v) is 17.6. The van der Waals surface area contributed by atoms with Gasteiger partial charge < -0.3 is 10.6 Å². The topological polar surface area (TPSA) is 98.8 Å². The van der Waals surface area contributed by atoms with Gasteiger partial charge in [-0.15, -0.1) is 0 Å². The Kier molecular flexibility index (Phi) is 7.97. The van der Waals surface area contributed by atoms with E-state index in [-0.39, 0.29) is 35.8 Å². The number of carbonyl (C=O) groups excluding carboxylic acids is 2. The van der Waals surface area contributed by atoms with Crippen LogP contribution in [0.15, 0.2) is 29.2 Å². The van der Waals surface area contributed by atoms with Gasteiger partial charge >= 0.3 is 0 Å². The minimum absolute atomic E-state index is 0.0513. The highest BCUT2D eigenvalue weighted by atomic mass is 32.2. The van der Waals surface area contributed by atoms with E-state index in [1.807, 2.05) is 20.8 Å². The summed E-state index contributed by atoms with van der Waals surface area (Å²) >= 11 is 0. The molecule has 8 nitrogen and oxygen atoms in total. The molecule has 28 heavy (non-hydrogen) atoms. The van der Waals surface area contributed by atoms with Crippen molar-refractivity contribution in [1.82, 2.24) is 14.5 Å². The molecule has 2 N–H and O–H groups in total. The molecule has 0 saturated carbocycles. The summed E-state index contributed by atoms with van der Waals surface area (Å²) in [6, 6.07) is 6.24. The summed E-state index contributed by atoms with van der Waals surface area (Å²) in [6.07, 6.45) is 1.77. The number of nitrogens with one attached hydrogen (secondary N) is 2. The van der Waals surface area contributed by atoms with Crippen LogP contribution in [0, 0.1) is 0 Å². The van der Waals surface area contributed by atoms with Crippen LogP contribution < -0.4 is 10.6 Å². The molecule has 0 atom stereocenters. The van der Waals surface area contributed by atoms with Gasteiger partial charge in [0.05, 0.1) is 18.0 Å². The molecular weight excluding hydrogens is 380 g/mol. The molecule has 2 rings (SSSR count). The summed E-state index contributed by atoms with van der Waals surface area (Å²) in [7, 11) is -3.46. The lowest BCUT2D eigenvalue weighted by molar-refractivity contribution is -0.123. The van der Waals surface area contributed by atoms with Crippen LogP contribution in [0.2, 0.25) is 0 Å². The Morgan fingerprint density at radius 2 is 1.64 bits per heavy atom. The molecule has 1 aromatic rings. The molecule has 9 heteroatoms. The molecule has 0 spiro atoms. The van der Waals surface area contributed by atoms with Gasteiger partial charge in [-0.05, 0) is 57.5 Å². The Bertz CT molecular complexity index is 772. The summed E-state index contributed by atoms with van der Waals surface area (Å²) in [5.41, 5.74) is 0.521. The van der Waals surface area contributed by atoms with Crippen molar-refractivity contribution in [2.24, 2.45) is 0 Å². The highest BCUT2D eigenvalue weighted by Crippen LogP contribution is 2.22. The number of anilines is 1. The van der Waals surface area contributed by atoms with Crippen LogP contribution >= 0.6 is 0 Å². The first kappa shape index (κ1) is 22.3. The predicted molar refractivity (Wildman–Crippen MR) is 108 cm³/mol. The number of carbonyl (C=O) groups is 2. The molecule has 1 fully saturated rings. The number of rotatable bonds is 9. The molecule has 0 aliphatic carbocycles. The molecule has 1 saturated heterocycles. The van der Waals surface area contributed by atoms with Gasteiger partial charge in [-0.2, -0.15) is 4.31 Å². The second-order valence-electron chi connectivity index (χ2n) is 7.21. The average Bonchev–Trinajstić information content (AvgIpc) is 3.16. The molecule has 2 amide bonds. The number of amides is 2. The third-order valence-electron chi connectivity index (χ3n) is 4.47. The molecule has 0 unspecified atom stereocenters. The van der Waals surface area contributed by atoms with Crippen molar-refractivity contribution in [3.8, 4) is 0 Å². The monoisotopic (exact) mass is 410 g/mol. The smallest absolute Gasteiger partial charge is 0.243 e. The van der Waals surface area contributed by atoms with Crippen LogP contribution in [0.1, 0.15) is 33.6 Å². The number of likely N-dealkylation sites (N-methyl/N-ethyl adjacent to an activating group) is 1. The van der Waals surface area contributed by atoms with Crippen molar-refractivity contribution in [1.29, 1.82) is 0 Å². The van der Waals surface area contributed by atoms with Gasteiger partial charge in [0.2, 0.25) is 21.8 Å². The lowest BCUT2D eigenvalue weighted by atomic mass is 10.3. The van der Waals surface area contributed by atoms with Crippen LogP contribution in [-0.4, -0.2) is 68.2 Å². The zero-order valence-electron chi connectivity index (χ0n) is 16.8. The van der Waals surface area contributed by atoms with Crippen LogP contribution in [0.5, 0.6) is 0 Å². The predicted octanol–water partition coefficient (Wildman–Crippen LogP) is 1.26. The van der Waals surface area contributed by atoms with Gasteiger partial charge in [0.1, 0.15) is 0 Å². The summed E-state index contributed by atoms with van der Waals surface area (Å²) in [4.78, 5) is 26.1. The summed E-state index contributed by atoms with van der Waals surface area (Å²) < 4.78 is 26.5. The van der Waals surface area contributed by atoms with Crippen molar-refractivity contribution in [2.75, 3.05) is 38.0 Å². The van der Waals surface area contributed by atoms with Gasteiger partial charge in [-0.25, -0.2) is 8.42 Å². The maximum Gasteiger partial charge on any atom is 0.243 e. The van der Waals surface area contributed by atoms with E-state index in [1.165, 1.54) is 16.4 Å². The Morgan fingerprint density at radius 1 is 1.07 bits per heavy atom. The normalized spacial score (nSPS) is 15.2. The van der Waals surface area contributed by atoms with E-state index in [2.05, 4.69) is 10.6 Å². The van der Waals surface area contributed by atoms with Crippen molar-refractivity contribution < 1.29 is 18.0 Å². The number of sulfonamides is 1. The zero-order chi connectivity index (χ0) is 20.7. The summed E-state index contributed by atoms with van der Waals surface area (Å²) in [5, 5.41) is 5.55. The molecule has 0 radical (unpaired) electrons. The van der Waals surface area contributed by atoms with Crippen molar-refractivity contribution in [2.45, 2.75) is 44.6 Å². The van der Waals surface area contributed by atoms with Gasteiger partial charge in [0, 0.05) is 24.8 Å². The second-order valence-corrected chi connectivity index (χ2v) is 9.15. The quantitative estimate of drug-likeness (QED) is 0.639. The van der Waals surface area contributed by atoms with Crippen LogP contribution in [-0.2, 0) is 19.6 Å². The van der Waals surface area contributed by atoms with E-state index in [4.69, 9.17) is 0 Å². The molecule has 0 aromatic heterocycles.